The van der Waals surface area contributed by atoms with E-state index in [-0.39, 0.29) is 29.0 Å². The molecule has 1 fully saturated rings. The predicted octanol–water partition coefficient (Wildman–Crippen LogP) is 4.52. The molecule has 35 heavy (non-hydrogen) atoms. The summed E-state index contributed by atoms with van der Waals surface area (Å²) in [5.41, 5.74) is 3.42. The quantitative estimate of drug-likeness (QED) is 0.483. The number of carbonyl (C=O) groups is 1. The van der Waals surface area contributed by atoms with Crippen LogP contribution >= 0.6 is 0 Å². The predicted molar refractivity (Wildman–Crippen MR) is 136 cm³/mol. The van der Waals surface area contributed by atoms with E-state index in [0.717, 1.165) is 16.7 Å². The van der Waals surface area contributed by atoms with Crippen LogP contribution in [0.4, 0.5) is 0 Å². The average Bonchev–Trinajstić information content (AvgIpc) is 3.25. The van der Waals surface area contributed by atoms with Crippen LogP contribution in [0.25, 0.3) is 12.2 Å². The number of amides is 1. The van der Waals surface area contributed by atoms with E-state index in [2.05, 4.69) is 5.16 Å². The summed E-state index contributed by atoms with van der Waals surface area (Å²) in [5, 5.41) is 3.93. The van der Waals surface area contributed by atoms with Crippen LogP contribution in [0.3, 0.4) is 0 Å². The summed E-state index contributed by atoms with van der Waals surface area (Å²) < 4.78 is 34.1. The molecule has 0 bridgehead atoms. The van der Waals surface area contributed by atoms with Crippen LogP contribution < -0.4 is 0 Å². The number of aryl methyl sites for hydroxylation is 2. The van der Waals surface area contributed by atoms with Gasteiger partial charge in [0.2, 0.25) is 15.9 Å². The topological polar surface area (TPSA) is 83.7 Å². The molecule has 184 valence electrons. The summed E-state index contributed by atoms with van der Waals surface area (Å²) >= 11 is 0. The van der Waals surface area contributed by atoms with Crippen molar-refractivity contribution in [1.29, 1.82) is 0 Å². The van der Waals surface area contributed by atoms with Gasteiger partial charge in [-0.2, -0.15) is 4.31 Å². The third kappa shape index (κ3) is 5.71. The number of aromatic nitrogens is 1. The van der Waals surface area contributed by atoms with Crippen molar-refractivity contribution in [3.63, 3.8) is 0 Å². The number of hydrogen-bond donors (Lipinski definition) is 0. The van der Waals surface area contributed by atoms with Gasteiger partial charge in [-0.1, -0.05) is 71.4 Å². The monoisotopic (exact) mass is 493 g/mol. The van der Waals surface area contributed by atoms with E-state index in [1.54, 1.807) is 31.0 Å². The second-order valence-corrected chi connectivity index (χ2v) is 11.0. The molecule has 3 aromatic rings. The van der Waals surface area contributed by atoms with Gasteiger partial charge in [0.25, 0.3) is 0 Å². The summed E-state index contributed by atoms with van der Waals surface area (Å²) in [5.74, 6) is -0.244. The van der Waals surface area contributed by atoms with Gasteiger partial charge in [0, 0.05) is 26.7 Å². The van der Waals surface area contributed by atoms with Crippen LogP contribution in [-0.2, 0) is 21.4 Å². The summed E-state index contributed by atoms with van der Waals surface area (Å²) in [6.07, 6.45) is 4.72. The van der Waals surface area contributed by atoms with E-state index >= 15 is 0 Å². The van der Waals surface area contributed by atoms with Crippen molar-refractivity contribution >= 4 is 28.1 Å². The first-order chi connectivity index (χ1) is 16.8. The number of sulfonamides is 1. The molecule has 7 nitrogen and oxygen atoms in total. The highest BCUT2D eigenvalue weighted by Gasteiger charge is 2.37. The van der Waals surface area contributed by atoms with Crippen molar-refractivity contribution in [2.24, 2.45) is 5.92 Å². The van der Waals surface area contributed by atoms with Crippen LogP contribution in [0.15, 0.2) is 64.0 Å². The minimum absolute atomic E-state index is 0.0460. The van der Waals surface area contributed by atoms with Crippen molar-refractivity contribution in [1.82, 2.24) is 14.4 Å². The number of piperidine rings is 1. The van der Waals surface area contributed by atoms with E-state index in [1.807, 2.05) is 61.5 Å². The summed E-state index contributed by atoms with van der Waals surface area (Å²) in [6, 6.07) is 17.6. The van der Waals surface area contributed by atoms with Gasteiger partial charge >= 0.3 is 0 Å². The first kappa shape index (κ1) is 24.9. The molecule has 1 amide bonds. The molecule has 1 aromatic heterocycles. The molecule has 1 atom stereocenters. The Labute approximate surface area is 207 Å². The fourth-order valence-electron chi connectivity index (χ4n) is 4.39. The fraction of sp³-hybridized carbons (Fsp3) is 0.333. The van der Waals surface area contributed by atoms with Crippen LogP contribution in [-0.4, -0.2) is 48.8 Å². The molecule has 1 aliphatic rings. The lowest BCUT2D eigenvalue weighted by Crippen LogP contribution is -2.45. The van der Waals surface area contributed by atoms with Crippen LogP contribution in [0.5, 0.6) is 0 Å². The van der Waals surface area contributed by atoms with E-state index in [4.69, 9.17) is 4.52 Å². The van der Waals surface area contributed by atoms with Gasteiger partial charge in [-0.05, 0) is 43.9 Å². The fourth-order valence-corrected chi connectivity index (χ4v) is 6.16. The van der Waals surface area contributed by atoms with Crippen molar-refractivity contribution in [2.75, 3.05) is 20.1 Å². The summed E-state index contributed by atoms with van der Waals surface area (Å²) in [6.45, 7) is 4.63. The molecule has 2 aromatic carbocycles. The number of hydrogen-bond acceptors (Lipinski definition) is 5. The van der Waals surface area contributed by atoms with Crippen molar-refractivity contribution in [3.8, 4) is 0 Å². The standard InChI is InChI=1S/C27H31N3O4S/c1-20-11-13-22(14-12-20)15-16-25-26(21(2)28-34-25)35(32,33)30-17-7-10-24(19-30)27(31)29(3)18-23-8-5-4-6-9-23/h4-6,8-9,11-16,24H,7,10,17-19H2,1-3H3. The lowest BCUT2D eigenvalue weighted by molar-refractivity contribution is -0.135. The van der Waals surface area contributed by atoms with Gasteiger partial charge in [-0.3, -0.25) is 4.79 Å². The largest absolute Gasteiger partial charge is 0.355 e. The highest BCUT2D eigenvalue weighted by molar-refractivity contribution is 7.89. The number of nitrogens with zero attached hydrogens (tertiary/aromatic N) is 3. The van der Waals surface area contributed by atoms with Crippen LogP contribution in [0.1, 0.15) is 41.0 Å². The van der Waals surface area contributed by atoms with Crippen molar-refractivity contribution < 1.29 is 17.7 Å². The molecule has 0 aliphatic carbocycles. The Balaban J connectivity index is 1.51. The lowest BCUT2D eigenvalue weighted by atomic mass is 9.98. The Morgan fingerprint density at radius 3 is 2.54 bits per heavy atom. The molecular weight excluding hydrogens is 462 g/mol. The van der Waals surface area contributed by atoms with Gasteiger partial charge in [0.05, 0.1) is 5.92 Å². The van der Waals surface area contributed by atoms with E-state index in [1.165, 1.54) is 4.31 Å². The summed E-state index contributed by atoms with van der Waals surface area (Å²) in [7, 11) is -2.12. The van der Waals surface area contributed by atoms with E-state index < -0.39 is 10.0 Å². The highest BCUT2D eigenvalue weighted by Crippen LogP contribution is 2.30. The second-order valence-electron chi connectivity index (χ2n) is 9.09. The Kier molecular flexibility index (Phi) is 7.52. The number of benzene rings is 2. The maximum atomic E-state index is 13.6. The molecule has 1 saturated heterocycles. The Hall–Kier alpha value is -3.23. The molecule has 0 N–H and O–H groups in total. The first-order valence-corrected chi connectivity index (χ1v) is 13.2. The van der Waals surface area contributed by atoms with Crippen molar-refractivity contribution in [2.45, 2.75) is 38.1 Å². The molecule has 1 unspecified atom stereocenters. The van der Waals surface area contributed by atoms with Gasteiger partial charge in [0.15, 0.2) is 10.7 Å². The average molecular weight is 494 g/mol. The van der Waals surface area contributed by atoms with Gasteiger partial charge in [-0.25, -0.2) is 8.42 Å². The molecule has 0 saturated carbocycles. The maximum Gasteiger partial charge on any atom is 0.248 e. The van der Waals surface area contributed by atoms with E-state index in [9.17, 15) is 13.2 Å². The van der Waals surface area contributed by atoms with Gasteiger partial charge in [0.1, 0.15) is 5.69 Å². The smallest absolute Gasteiger partial charge is 0.248 e. The Morgan fingerprint density at radius 2 is 1.83 bits per heavy atom. The Bertz CT molecular complexity index is 1300. The maximum absolute atomic E-state index is 13.6. The SMILES string of the molecule is Cc1ccc(C=Cc2onc(C)c2S(=O)(=O)N2CCCC(C(=O)N(C)Cc3ccccc3)C2)cc1. The van der Waals surface area contributed by atoms with Crippen LogP contribution in [0, 0.1) is 19.8 Å². The molecule has 1 aliphatic heterocycles. The number of rotatable bonds is 7. The molecule has 8 heteroatoms. The molecule has 0 spiro atoms. The normalized spacial score (nSPS) is 17.1. The zero-order valence-corrected chi connectivity index (χ0v) is 21.2. The zero-order chi connectivity index (χ0) is 25.0. The minimum Gasteiger partial charge on any atom is -0.355 e. The molecule has 2 heterocycles. The van der Waals surface area contributed by atoms with Gasteiger partial charge < -0.3 is 9.42 Å². The summed E-state index contributed by atoms with van der Waals surface area (Å²) in [4.78, 5) is 14.9. The molecular formula is C27H31N3O4S. The van der Waals surface area contributed by atoms with Crippen molar-refractivity contribution in [3.05, 3.63) is 82.7 Å². The minimum atomic E-state index is -3.89. The third-order valence-corrected chi connectivity index (χ3v) is 8.33. The van der Waals surface area contributed by atoms with Gasteiger partial charge in [-0.15, -0.1) is 0 Å². The molecule has 0 radical (unpaired) electrons. The first-order valence-electron chi connectivity index (χ1n) is 11.8. The molecule has 4 rings (SSSR count). The number of carbonyl (C=O) groups excluding carboxylic acids is 1. The zero-order valence-electron chi connectivity index (χ0n) is 20.3. The second kappa shape index (κ2) is 10.6. The highest BCUT2D eigenvalue weighted by atomic mass is 32.2. The Morgan fingerprint density at radius 1 is 1.11 bits per heavy atom. The third-order valence-electron chi connectivity index (χ3n) is 6.31. The lowest BCUT2D eigenvalue weighted by Gasteiger charge is -2.33. The van der Waals surface area contributed by atoms with E-state index in [0.29, 0.717) is 31.6 Å². The van der Waals surface area contributed by atoms with Crippen LogP contribution in [0.2, 0.25) is 0 Å².